The molecule has 0 aliphatic rings. The van der Waals surface area contributed by atoms with Gasteiger partial charge in [0.2, 0.25) is 0 Å². The fourth-order valence-electron chi connectivity index (χ4n) is 2.68. The second-order valence-corrected chi connectivity index (χ2v) is 5.93. The van der Waals surface area contributed by atoms with Gasteiger partial charge in [-0.2, -0.15) is 0 Å². The van der Waals surface area contributed by atoms with Crippen LogP contribution in [0, 0.1) is 13.8 Å². The quantitative estimate of drug-likeness (QED) is 0.756. The molecule has 0 heterocycles. The Hall–Kier alpha value is -2.17. The molecule has 4 heteroatoms. The van der Waals surface area contributed by atoms with Crippen LogP contribution in [-0.4, -0.2) is 26.2 Å². The number of benzene rings is 2. The molecule has 0 aliphatic carbocycles. The Bertz CT molecular complexity index is 635. The van der Waals surface area contributed by atoms with Gasteiger partial charge in [0.05, 0.1) is 32.9 Å². The molecular formula is C20H25NO3. The lowest BCUT2D eigenvalue weighted by Gasteiger charge is -2.19. The first-order chi connectivity index (χ1) is 11.6. The first-order valence-electron chi connectivity index (χ1n) is 8.08. The van der Waals surface area contributed by atoms with Gasteiger partial charge in [-0.25, -0.2) is 0 Å². The average molecular weight is 327 g/mol. The molecule has 0 bridgehead atoms. The molecule has 0 unspecified atom stereocenters. The third-order valence-electron chi connectivity index (χ3n) is 3.76. The van der Waals surface area contributed by atoms with Crippen LogP contribution in [0.1, 0.15) is 28.3 Å². The number of rotatable bonds is 8. The Morgan fingerprint density at radius 1 is 1.08 bits per heavy atom. The Kier molecular flexibility index (Phi) is 6.97. The molecule has 2 rings (SSSR count). The summed E-state index contributed by atoms with van der Waals surface area (Å²) in [6.07, 6.45) is 0. The topological polar surface area (TPSA) is 47.6 Å². The van der Waals surface area contributed by atoms with Crippen molar-refractivity contribution in [2.75, 3.05) is 20.3 Å². The number of hydrogen-bond donors (Lipinski definition) is 1. The minimum atomic E-state index is -0.287. The number of hydrogen-bond acceptors (Lipinski definition) is 4. The van der Waals surface area contributed by atoms with Gasteiger partial charge in [0.25, 0.3) is 0 Å². The molecule has 0 radical (unpaired) electrons. The highest BCUT2D eigenvalue weighted by Gasteiger charge is 2.13. The first-order valence-corrected chi connectivity index (χ1v) is 8.08. The van der Waals surface area contributed by atoms with Gasteiger partial charge in [0.1, 0.15) is 0 Å². The number of carbonyl (C=O) groups is 1. The molecule has 1 N–H and O–H groups in total. The summed E-state index contributed by atoms with van der Waals surface area (Å²) in [6, 6.07) is 16.3. The lowest BCUT2D eigenvalue weighted by molar-refractivity contribution is -0.139. The largest absolute Gasteiger partial charge is 0.468 e. The third kappa shape index (κ3) is 5.80. The molecule has 0 aliphatic heterocycles. The van der Waals surface area contributed by atoms with Crippen molar-refractivity contribution in [3.8, 4) is 0 Å². The van der Waals surface area contributed by atoms with Crippen molar-refractivity contribution in [2.45, 2.75) is 26.5 Å². The first kappa shape index (κ1) is 18.2. The molecule has 0 amide bonds. The molecule has 0 saturated heterocycles. The van der Waals surface area contributed by atoms with Crippen molar-refractivity contribution in [2.24, 2.45) is 0 Å². The minimum Gasteiger partial charge on any atom is -0.468 e. The predicted octanol–water partition coefficient (Wildman–Crippen LogP) is 3.32. The van der Waals surface area contributed by atoms with Gasteiger partial charge in [-0.1, -0.05) is 59.7 Å². The summed E-state index contributed by atoms with van der Waals surface area (Å²) >= 11 is 0. The van der Waals surface area contributed by atoms with Gasteiger partial charge in [0.15, 0.2) is 0 Å². The number of aryl methyl sites for hydroxylation is 2. The van der Waals surface area contributed by atoms with E-state index in [-0.39, 0.29) is 18.6 Å². The van der Waals surface area contributed by atoms with Crippen LogP contribution in [0.3, 0.4) is 0 Å². The molecule has 2 aromatic rings. The maximum absolute atomic E-state index is 11.4. The zero-order valence-corrected chi connectivity index (χ0v) is 14.5. The Labute approximate surface area is 143 Å². The fourth-order valence-corrected chi connectivity index (χ4v) is 2.68. The summed E-state index contributed by atoms with van der Waals surface area (Å²) in [6.45, 7) is 5.35. The highest BCUT2D eigenvalue weighted by molar-refractivity contribution is 5.71. The fraction of sp³-hybridized carbons (Fsp3) is 0.350. The standard InChI is InChI=1S/C20H25NO3/c1-15-9-16(2)11-17(10-15)13-24-14-19(21-12-20(22)23-3)18-7-5-4-6-8-18/h4-11,19,21H,12-14H2,1-3H3/t19-/m1/s1. The van der Waals surface area contributed by atoms with E-state index in [1.54, 1.807) is 0 Å². The molecule has 0 spiro atoms. The van der Waals surface area contributed by atoms with Crippen molar-refractivity contribution in [1.82, 2.24) is 5.32 Å². The van der Waals surface area contributed by atoms with E-state index in [1.807, 2.05) is 30.3 Å². The van der Waals surface area contributed by atoms with Crippen LogP contribution in [0.4, 0.5) is 0 Å². The number of esters is 1. The molecule has 128 valence electrons. The molecule has 24 heavy (non-hydrogen) atoms. The van der Waals surface area contributed by atoms with Gasteiger partial charge < -0.3 is 9.47 Å². The molecule has 0 saturated carbocycles. The highest BCUT2D eigenvalue weighted by Crippen LogP contribution is 2.15. The van der Waals surface area contributed by atoms with Crippen molar-refractivity contribution < 1.29 is 14.3 Å². The number of carbonyl (C=O) groups excluding carboxylic acids is 1. The highest BCUT2D eigenvalue weighted by atomic mass is 16.5. The Balaban J connectivity index is 1.96. The number of nitrogens with one attached hydrogen (secondary N) is 1. The molecular weight excluding hydrogens is 302 g/mol. The Morgan fingerprint density at radius 2 is 1.75 bits per heavy atom. The van der Waals surface area contributed by atoms with E-state index in [4.69, 9.17) is 9.47 Å². The summed E-state index contributed by atoms with van der Waals surface area (Å²) in [7, 11) is 1.39. The summed E-state index contributed by atoms with van der Waals surface area (Å²) in [5, 5.41) is 3.20. The minimum absolute atomic E-state index is 0.0591. The van der Waals surface area contributed by atoms with Crippen LogP contribution >= 0.6 is 0 Å². The SMILES string of the molecule is COC(=O)CN[C@H](COCc1cc(C)cc(C)c1)c1ccccc1. The second kappa shape index (κ2) is 9.21. The van der Waals surface area contributed by atoms with Gasteiger partial charge >= 0.3 is 5.97 Å². The number of ether oxygens (including phenoxy) is 2. The normalized spacial score (nSPS) is 12.0. The van der Waals surface area contributed by atoms with E-state index < -0.39 is 0 Å². The molecule has 4 nitrogen and oxygen atoms in total. The van der Waals surface area contributed by atoms with Crippen molar-refractivity contribution in [1.29, 1.82) is 0 Å². The monoisotopic (exact) mass is 327 g/mol. The zero-order chi connectivity index (χ0) is 17.4. The summed E-state index contributed by atoms with van der Waals surface area (Å²) in [5.74, 6) is -0.287. The maximum Gasteiger partial charge on any atom is 0.319 e. The summed E-state index contributed by atoms with van der Waals surface area (Å²) in [5.41, 5.74) is 4.71. The number of methoxy groups -OCH3 is 1. The molecule has 0 fully saturated rings. The van der Waals surface area contributed by atoms with E-state index in [0.29, 0.717) is 13.2 Å². The van der Waals surface area contributed by atoms with Crippen LogP contribution in [0.5, 0.6) is 0 Å². The lowest BCUT2D eigenvalue weighted by atomic mass is 10.1. The van der Waals surface area contributed by atoms with E-state index in [1.165, 1.54) is 18.2 Å². The van der Waals surface area contributed by atoms with Crippen LogP contribution in [0.15, 0.2) is 48.5 Å². The lowest BCUT2D eigenvalue weighted by Crippen LogP contribution is -2.31. The molecule has 2 aromatic carbocycles. The zero-order valence-electron chi connectivity index (χ0n) is 14.5. The van der Waals surface area contributed by atoms with Crippen LogP contribution in [0.25, 0.3) is 0 Å². The smallest absolute Gasteiger partial charge is 0.319 e. The second-order valence-electron chi connectivity index (χ2n) is 5.93. The van der Waals surface area contributed by atoms with Crippen molar-refractivity contribution >= 4 is 5.97 Å². The van der Waals surface area contributed by atoms with E-state index in [9.17, 15) is 4.79 Å². The third-order valence-corrected chi connectivity index (χ3v) is 3.76. The van der Waals surface area contributed by atoms with E-state index in [2.05, 4.69) is 37.4 Å². The summed E-state index contributed by atoms with van der Waals surface area (Å²) in [4.78, 5) is 11.4. The van der Waals surface area contributed by atoms with Gasteiger partial charge in [-0.3, -0.25) is 10.1 Å². The maximum atomic E-state index is 11.4. The van der Waals surface area contributed by atoms with Gasteiger partial charge in [0, 0.05) is 0 Å². The molecule has 1 atom stereocenters. The predicted molar refractivity (Wildman–Crippen MR) is 94.8 cm³/mol. The van der Waals surface area contributed by atoms with Crippen LogP contribution in [0.2, 0.25) is 0 Å². The Morgan fingerprint density at radius 3 is 2.38 bits per heavy atom. The van der Waals surface area contributed by atoms with E-state index in [0.717, 1.165) is 11.1 Å². The molecule has 0 aromatic heterocycles. The van der Waals surface area contributed by atoms with Crippen molar-refractivity contribution in [3.05, 3.63) is 70.8 Å². The van der Waals surface area contributed by atoms with Crippen LogP contribution in [-0.2, 0) is 20.9 Å². The average Bonchev–Trinajstić information content (AvgIpc) is 2.57. The van der Waals surface area contributed by atoms with Crippen molar-refractivity contribution in [3.63, 3.8) is 0 Å². The van der Waals surface area contributed by atoms with Crippen LogP contribution < -0.4 is 5.32 Å². The van der Waals surface area contributed by atoms with Gasteiger partial charge in [-0.15, -0.1) is 0 Å². The van der Waals surface area contributed by atoms with Gasteiger partial charge in [-0.05, 0) is 25.0 Å². The van der Waals surface area contributed by atoms with E-state index >= 15 is 0 Å². The summed E-state index contributed by atoms with van der Waals surface area (Å²) < 4.78 is 10.6.